The molecule has 0 fully saturated rings. The molecule has 0 aromatic heterocycles. The zero-order valence-electron chi connectivity index (χ0n) is 20.5. The molecule has 0 heterocycles. The minimum atomic E-state index is -1.71. The molecule has 1 amide bonds. The second kappa shape index (κ2) is 19.5. The molecule has 0 rings (SSSR count). The van der Waals surface area contributed by atoms with E-state index in [9.17, 15) is 25.2 Å². The number of rotatable bonds is 20. The van der Waals surface area contributed by atoms with Crippen LogP contribution in [-0.2, 0) is 4.74 Å². The zero-order valence-corrected chi connectivity index (χ0v) is 20.5. The van der Waals surface area contributed by atoms with Gasteiger partial charge in [0.05, 0.1) is 19.8 Å². The van der Waals surface area contributed by atoms with Crippen molar-refractivity contribution in [2.45, 2.75) is 115 Å². The summed E-state index contributed by atoms with van der Waals surface area (Å²) in [6.07, 6.45) is 7.54. The van der Waals surface area contributed by atoms with E-state index in [2.05, 4.69) is 13.8 Å². The number of nitrogens with zero attached hydrogens (tertiary/aromatic N) is 1. The number of likely N-dealkylation sites (N-methyl/N-ethyl adjacent to an activating group) is 1. The molecular weight excluding hydrogens is 414 g/mol. The van der Waals surface area contributed by atoms with Crippen LogP contribution in [0.15, 0.2) is 0 Å². The van der Waals surface area contributed by atoms with Crippen molar-refractivity contribution < 1.29 is 35.1 Å². The molecule has 0 bridgehead atoms. The van der Waals surface area contributed by atoms with Crippen molar-refractivity contribution in [2.75, 3.05) is 26.8 Å². The standard InChI is InChI=1S/C24H49NO7/c1-4-5-14-19(2)15-12-10-8-6-7-9-11-13-16-32-24(31)25(3)17-20(27)22(29)23(30)21(28)18-26/h19-23,26-30H,4-18H2,1-3H3/t19?,20-,21+,22+,23+/m0/s1. The highest BCUT2D eigenvalue weighted by atomic mass is 16.6. The molecule has 0 saturated carbocycles. The van der Waals surface area contributed by atoms with Gasteiger partial charge in [0.25, 0.3) is 0 Å². The molecule has 0 aromatic rings. The van der Waals surface area contributed by atoms with Crippen LogP contribution in [-0.4, -0.2) is 87.7 Å². The number of carbonyl (C=O) groups excluding carboxylic acids is 1. The van der Waals surface area contributed by atoms with Gasteiger partial charge in [0.2, 0.25) is 0 Å². The van der Waals surface area contributed by atoms with Gasteiger partial charge in [0.1, 0.15) is 24.4 Å². The van der Waals surface area contributed by atoms with Crippen molar-refractivity contribution in [1.82, 2.24) is 4.90 Å². The van der Waals surface area contributed by atoms with Crippen LogP contribution in [0.4, 0.5) is 4.79 Å². The van der Waals surface area contributed by atoms with Crippen LogP contribution in [0.3, 0.4) is 0 Å². The third-order valence-corrected chi connectivity index (χ3v) is 5.97. The van der Waals surface area contributed by atoms with Gasteiger partial charge in [-0.2, -0.15) is 0 Å². The van der Waals surface area contributed by atoms with E-state index in [4.69, 9.17) is 9.84 Å². The number of carbonyl (C=O) groups is 1. The first kappa shape index (κ1) is 31.1. The Kier molecular flexibility index (Phi) is 19.0. The number of ether oxygens (including phenoxy) is 1. The Bertz CT molecular complexity index is 452. The summed E-state index contributed by atoms with van der Waals surface area (Å²) in [5.74, 6) is 0.857. The van der Waals surface area contributed by atoms with Gasteiger partial charge in [-0.3, -0.25) is 0 Å². The van der Waals surface area contributed by atoms with Crippen LogP contribution in [0.1, 0.15) is 90.9 Å². The highest BCUT2D eigenvalue weighted by molar-refractivity contribution is 5.67. The lowest BCUT2D eigenvalue weighted by atomic mass is 9.97. The Morgan fingerprint density at radius 3 is 1.88 bits per heavy atom. The van der Waals surface area contributed by atoms with E-state index in [-0.39, 0.29) is 6.54 Å². The van der Waals surface area contributed by atoms with Gasteiger partial charge in [-0.25, -0.2) is 4.79 Å². The monoisotopic (exact) mass is 463 g/mol. The minimum absolute atomic E-state index is 0.271. The lowest BCUT2D eigenvalue weighted by Gasteiger charge is -2.28. The topological polar surface area (TPSA) is 131 Å². The first-order valence-corrected chi connectivity index (χ1v) is 12.5. The first-order valence-electron chi connectivity index (χ1n) is 12.5. The second-order valence-corrected chi connectivity index (χ2v) is 9.16. The van der Waals surface area contributed by atoms with E-state index in [0.717, 1.165) is 30.1 Å². The van der Waals surface area contributed by atoms with Gasteiger partial charge < -0.3 is 35.2 Å². The quantitative estimate of drug-likeness (QED) is 0.175. The Labute approximate surface area is 194 Å². The fourth-order valence-corrected chi connectivity index (χ4v) is 3.65. The van der Waals surface area contributed by atoms with Crippen LogP contribution >= 0.6 is 0 Å². The summed E-state index contributed by atoms with van der Waals surface area (Å²) in [7, 11) is 1.41. The van der Waals surface area contributed by atoms with E-state index in [1.807, 2.05) is 0 Å². The largest absolute Gasteiger partial charge is 0.449 e. The summed E-state index contributed by atoms with van der Waals surface area (Å²) in [6, 6.07) is 0. The number of hydrogen-bond acceptors (Lipinski definition) is 7. The maximum atomic E-state index is 12.0. The SMILES string of the molecule is CCCCC(C)CCCCCCCCCCOC(=O)N(C)C[C@H](O)[C@@H](O)[C@H](O)[C@H](O)CO. The highest BCUT2D eigenvalue weighted by Crippen LogP contribution is 2.17. The van der Waals surface area contributed by atoms with Crippen LogP contribution in [0.25, 0.3) is 0 Å². The van der Waals surface area contributed by atoms with Crippen LogP contribution in [0.2, 0.25) is 0 Å². The molecule has 0 aliphatic rings. The van der Waals surface area contributed by atoms with Gasteiger partial charge in [0.15, 0.2) is 0 Å². The molecule has 0 spiro atoms. The van der Waals surface area contributed by atoms with Gasteiger partial charge in [-0.15, -0.1) is 0 Å². The van der Waals surface area contributed by atoms with Crippen molar-refractivity contribution in [3.8, 4) is 0 Å². The molecule has 8 heteroatoms. The summed E-state index contributed by atoms with van der Waals surface area (Å²) in [5.41, 5.74) is 0. The third kappa shape index (κ3) is 15.0. The van der Waals surface area contributed by atoms with E-state index in [0.29, 0.717) is 6.61 Å². The first-order chi connectivity index (χ1) is 15.2. The van der Waals surface area contributed by atoms with Crippen molar-refractivity contribution in [3.63, 3.8) is 0 Å². The van der Waals surface area contributed by atoms with E-state index in [1.54, 1.807) is 0 Å². The summed E-state index contributed by atoms with van der Waals surface area (Å²) in [6.45, 7) is 3.88. The number of aliphatic hydroxyl groups is 5. The lowest BCUT2D eigenvalue weighted by molar-refractivity contribution is -0.117. The fourth-order valence-electron chi connectivity index (χ4n) is 3.65. The lowest BCUT2D eigenvalue weighted by Crippen LogP contribution is -2.50. The van der Waals surface area contributed by atoms with Crippen LogP contribution < -0.4 is 0 Å². The third-order valence-electron chi connectivity index (χ3n) is 5.97. The minimum Gasteiger partial charge on any atom is -0.449 e. The average molecular weight is 464 g/mol. The maximum Gasteiger partial charge on any atom is 0.409 e. The van der Waals surface area contributed by atoms with Crippen LogP contribution in [0.5, 0.6) is 0 Å². The van der Waals surface area contributed by atoms with Gasteiger partial charge in [-0.1, -0.05) is 84.5 Å². The van der Waals surface area contributed by atoms with Crippen LogP contribution in [0, 0.1) is 5.92 Å². The second-order valence-electron chi connectivity index (χ2n) is 9.16. The van der Waals surface area contributed by atoms with E-state index in [1.165, 1.54) is 64.8 Å². The molecule has 32 heavy (non-hydrogen) atoms. The van der Waals surface area contributed by atoms with E-state index >= 15 is 0 Å². The van der Waals surface area contributed by atoms with Crippen molar-refractivity contribution >= 4 is 6.09 Å². The molecule has 0 aliphatic heterocycles. The molecule has 0 aliphatic carbocycles. The Morgan fingerprint density at radius 1 is 0.812 bits per heavy atom. The van der Waals surface area contributed by atoms with Crippen molar-refractivity contribution in [1.29, 1.82) is 0 Å². The normalized spacial score (nSPS) is 16.2. The van der Waals surface area contributed by atoms with Gasteiger partial charge >= 0.3 is 6.09 Å². The number of amides is 1. The summed E-state index contributed by atoms with van der Waals surface area (Å²) >= 11 is 0. The maximum absolute atomic E-state index is 12.0. The molecular formula is C24H49NO7. The molecule has 0 radical (unpaired) electrons. The predicted octanol–water partition coefficient (Wildman–Crippen LogP) is 2.83. The Balaban J connectivity index is 3.70. The fraction of sp³-hybridized carbons (Fsp3) is 0.958. The predicted molar refractivity (Wildman–Crippen MR) is 125 cm³/mol. The number of hydrogen-bond donors (Lipinski definition) is 5. The van der Waals surface area contributed by atoms with E-state index < -0.39 is 37.1 Å². The van der Waals surface area contributed by atoms with Gasteiger partial charge in [0, 0.05) is 7.05 Å². The summed E-state index contributed by atoms with van der Waals surface area (Å²) < 4.78 is 5.17. The molecule has 5 atom stereocenters. The molecule has 8 nitrogen and oxygen atoms in total. The molecule has 0 aromatic carbocycles. The zero-order chi connectivity index (χ0) is 24.4. The number of aliphatic hydroxyl groups excluding tert-OH is 5. The molecule has 5 N–H and O–H groups in total. The highest BCUT2D eigenvalue weighted by Gasteiger charge is 2.31. The molecule has 192 valence electrons. The Morgan fingerprint density at radius 2 is 1.31 bits per heavy atom. The summed E-state index contributed by atoms with van der Waals surface area (Å²) in [4.78, 5) is 13.1. The smallest absolute Gasteiger partial charge is 0.409 e. The number of unbranched alkanes of at least 4 members (excludes halogenated alkanes) is 8. The summed E-state index contributed by atoms with van der Waals surface area (Å²) in [5, 5.41) is 47.4. The Hall–Kier alpha value is -0.930. The van der Waals surface area contributed by atoms with Crippen molar-refractivity contribution in [3.05, 3.63) is 0 Å². The average Bonchev–Trinajstić information content (AvgIpc) is 2.79. The molecule has 1 unspecified atom stereocenters. The molecule has 0 saturated heterocycles. The van der Waals surface area contributed by atoms with Crippen molar-refractivity contribution in [2.24, 2.45) is 5.92 Å². The van der Waals surface area contributed by atoms with Gasteiger partial charge in [-0.05, 0) is 12.3 Å².